The highest BCUT2D eigenvalue weighted by Gasteiger charge is 2.28. The van der Waals surface area contributed by atoms with Crippen LogP contribution < -0.4 is 5.48 Å². The number of amides is 1. The number of hydroxylamine groups is 1. The number of halogens is 3. The van der Waals surface area contributed by atoms with Gasteiger partial charge in [-0.15, -0.1) is 0 Å². The van der Waals surface area contributed by atoms with E-state index in [9.17, 15) is 22.8 Å². The van der Waals surface area contributed by atoms with E-state index in [0.29, 0.717) is 0 Å². The summed E-state index contributed by atoms with van der Waals surface area (Å²) >= 11 is 0. The molecule has 0 radical (unpaired) electrons. The highest BCUT2D eigenvalue weighted by Crippen LogP contribution is 2.13. The molecule has 0 atom stereocenters. The molecule has 0 aromatic rings. The van der Waals surface area contributed by atoms with Gasteiger partial charge in [-0.2, -0.15) is 13.2 Å². The number of nitrogens with one attached hydrogen (secondary N) is 1. The Bertz CT molecular complexity index is 202. The second kappa shape index (κ2) is 4.80. The van der Waals surface area contributed by atoms with E-state index < -0.39 is 30.9 Å². The molecule has 4 nitrogen and oxygen atoms in total. The van der Waals surface area contributed by atoms with Crippen molar-refractivity contribution >= 4 is 11.7 Å². The molecule has 0 aromatic carbocycles. The van der Waals surface area contributed by atoms with Crippen molar-refractivity contribution in [2.24, 2.45) is 0 Å². The monoisotopic (exact) mass is 199 g/mol. The summed E-state index contributed by atoms with van der Waals surface area (Å²) in [5.41, 5.74) is 1.49. The first-order valence-corrected chi connectivity index (χ1v) is 3.28. The van der Waals surface area contributed by atoms with Crippen LogP contribution in [0.15, 0.2) is 0 Å². The molecule has 1 amide bonds. The molecule has 0 rings (SSSR count). The lowest BCUT2D eigenvalue weighted by Gasteiger charge is -2.07. The van der Waals surface area contributed by atoms with Gasteiger partial charge in [-0.25, -0.2) is 5.48 Å². The molecule has 0 fully saturated rings. The smallest absolute Gasteiger partial charge is 0.299 e. The third-order valence-corrected chi connectivity index (χ3v) is 0.831. The summed E-state index contributed by atoms with van der Waals surface area (Å²) in [6.45, 7) is -0.431. The largest absolute Gasteiger partial charge is 0.414 e. The fourth-order valence-corrected chi connectivity index (χ4v) is 0.461. The van der Waals surface area contributed by atoms with Crippen LogP contribution in [0.4, 0.5) is 13.2 Å². The zero-order valence-electron chi connectivity index (χ0n) is 6.77. The summed E-state index contributed by atoms with van der Waals surface area (Å²) < 4.78 is 34.3. The van der Waals surface area contributed by atoms with E-state index in [0.717, 1.165) is 6.92 Å². The Hall–Kier alpha value is -1.11. The molecule has 0 aliphatic heterocycles. The molecule has 0 aliphatic rings. The average Bonchev–Trinajstić information content (AvgIpc) is 1.81. The van der Waals surface area contributed by atoms with Crippen LogP contribution in [0.1, 0.15) is 13.3 Å². The van der Waals surface area contributed by atoms with Gasteiger partial charge >= 0.3 is 6.18 Å². The SMILES string of the molecule is CC(=O)CC(=O)NOCC(F)(F)F. The molecule has 0 unspecified atom stereocenters. The van der Waals surface area contributed by atoms with Gasteiger partial charge in [0.25, 0.3) is 5.91 Å². The summed E-state index contributed by atoms with van der Waals surface area (Å²) in [4.78, 5) is 24.6. The van der Waals surface area contributed by atoms with Gasteiger partial charge in [0.15, 0.2) is 6.61 Å². The molecule has 0 saturated carbocycles. The van der Waals surface area contributed by atoms with E-state index in [2.05, 4.69) is 4.84 Å². The first-order valence-electron chi connectivity index (χ1n) is 3.28. The molecule has 7 heteroatoms. The zero-order chi connectivity index (χ0) is 10.5. The maximum Gasteiger partial charge on any atom is 0.414 e. The van der Waals surface area contributed by atoms with Crippen molar-refractivity contribution in [2.75, 3.05) is 6.61 Å². The summed E-state index contributed by atoms with van der Waals surface area (Å²) in [5, 5.41) is 0. The predicted octanol–water partition coefficient (Wildman–Crippen LogP) is 0.576. The number of Topliss-reactive ketones (excluding diaryl/α,β-unsaturated/α-hetero) is 1. The Morgan fingerprint density at radius 2 is 1.92 bits per heavy atom. The number of alkyl halides is 3. The van der Waals surface area contributed by atoms with Crippen molar-refractivity contribution in [2.45, 2.75) is 19.5 Å². The fourth-order valence-electron chi connectivity index (χ4n) is 0.461. The number of rotatable bonds is 4. The van der Waals surface area contributed by atoms with Gasteiger partial charge in [0.05, 0.1) is 6.42 Å². The van der Waals surface area contributed by atoms with Crippen LogP contribution in [0.5, 0.6) is 0 Å². The fraction of sp³-hybridized carbons (Fsp3) is 0.667. The van der Waals surface area contributed by atoms with E-state index in [4.69, 9.17) is 0 Å². The minimum atomic E-state index is -4.50. The molecule has 0 heterocycles. The van der Waals surface area contributed by atoms with Crippen molar-refractivity contribution in [1.29, 1.82) is 0 Å². The molecule has 76 valence electrons. The van der Waals surface area contributed by atoms with Crippen molar-refractivity contribution in [3.63, 3.8) is 0 Å². The average molecular weight is 199 g/mol. The number of hydrogen-bond donors (Lipinski definition) is 1. The number of hydrogen-bond acceptors (Lipinski definition) is 3. The van der Waals surface area contributed by atoms with Gasteiger partial charge in [0, 0.05) is 0 Å². The Kier molecular flexibility index (Phi) is 4.39. The van der Waals surface area contributed by atoms with Crippen LogP contribution in [0, 0.1) is 0 Å². The highest BCUT2D eigenvalue weighted by atomic mass is 19.4. The van der Waals surface area contributed by atoms with Crippen LogP contribution >= 0.6 is 0 Å². The number of ketones is 1. The molecule has 0 spiro atoms. The first-order chi connectivity index (χ1) is 5.81. The lowest BCUT2D eigenvalue weighted by molar-refractivity contribution is -0.191. The van der Waals surface area contributed by atoms with Crippen LogP contribution in [-0.4, -0.2) is 24.5 Å². The molecule has 0 aliphatic carbocycles. The van der Waals surface area contributed by atoms with E-state index in [1.54, 1.807) is 0 Å². The van der Waals surface area contributed by atoms with Crippen molar-refractivity contribution in [1.82, 2.24) is 5.48 Å². The standard InChI is InChI=1S/C6H8F3NO3/c1-4(11)2-5(12)10-13-3-6(7,8)9/h2-3H2,1H3,(H,10,12). The number of carbonyl (C=O) groups excluding carboxylic acids is 2. The third-order valence-electron chi connectivity index (χ3n) is 0.831. The Balaban J connectivity index is 3.54. The molecular weight excluding hydrogens is 191 g/mol. The molecule has 1 N–H and O–H groups in total. The quantitative estimate of drug-likeness (QED) is 0.532. The molecule has 0 saturated heterocycles. The van der Waals surface area contributed by atoms with Gasteiger partial charge in [0.1, 0.15) is 5.78 Å². The van der Waals surface area contributed by atoms with Crippen molar-refractivity contribution in [3.05, 3.63) is 0 Å². The van der Waals surface area contributed by atoms with E-state index in [1.807, 2.05) is 0 Å². The van der Waals surface area contributed by atoms with E-state index >= 15 is 0 Å². The second-order valence-corrected chi connectivity index (χ2v) is 2.31. The molecule has 0 aromatic heterocycles. The van der Waals surface area contributed by atoms with E-state index in [1.165, 1.54) is 5.48 Å². The lowest BCUT2D eigenvalue weighted by atomic mass is 10.3. The van der Waals surface area contributed by atoms with Gasteiger partial charge in [-0.1, -0.05) is 0 Å². The second-order valence-electron chi connectivity index (χ2n) is 2.31. The van der Waals surface area contributed by atoms with Crippen LogP contribution in [0.2, 0.25) is 0 Å². The lowest BCUT2D eigenvalue weighted by Crippen LogP contribution is -2.30. The Morgan fingerprint density at radius 1 is 1.38 bits per heavy atom. The topological polar surface area (TPSA) is 55.4 Å². The van der Waals surface area contributed by atoms with Crippen LogP contribution in [0.25, 0.3) is 0 Å². The summed E-state index contributed by atoms with van der Waals surface area (Å²) in [7, 11) is 0. The predicted molar refractivity (Wildman–Crippen MR) is 35.4 cm³/mol. The van der Waals surface area contributed by atoms with Gasteiger partial charge in [0.2, 0.25) is 0 Å². The van der Waals surface area contributed by atoms with Gasteiger partial charge in [-0.05, 0) is 6.92 Å². The summed E-state index contributed by atoms with van der Waals surface area (Å²) in [5.74, 6) is -1.34. The minimum absolute atomic E-state index is 0.451. The van der Waals surface area contributed by atoms with Crippen LogP contribution in [-0.2, 0) is 14.4 Å². The van der Waals surface area contributed by atoms with Crippen LogP contribution in [0.3, 0.4) is 0 Å². The normalized spacial score (nSPS) is 11.1. The maximum atomic E-state index is 11.4. The Morgan fingerprint density at radius 3 is 2.31 bits per heavy atom. The van der Waals surface area contributed by atoms with Gasteiger partial charge in [-0.3, -0.25) is 14.4 Å². The van der Waals surface area contributed by atoms with Crippen molar-refractivity contribution in [3.8, 4) is 0 Å². The molecular formula is C6H8F3NO3. The molecule has 0 bridgehead atoms. The Labute approximate surface area is 72.0 Å². The first kappa shape index (κ1) is 11.9. The van der Waals surface area contributed by atoms with Gasteiger partial charge < -0.3 is 0 Å². The highest BCUT2D eigenvalue weighted by molar-refractivity contribution is 5.96. The van der Waals surface area contributed by atoms with E-state index in [-0.39, 0.29) is 0 Å². The summed E-state index contributed by atoms with van der Waals surface area (Å²) in [6, 6.07) is 0. The number of carbonyl (C=O) groups is 2. The minimum Gasteiger partial charge on any atom is -0.299 e. The maximum absolute atomic E-state index is 11.4. The summed E-state index contributed by atoms with van der Waals surface area (Å²) in [6.07, 6.45) is -4.98. The zero-order valence-corrected chi connectivity index (χ0v) is 6.77. The molecule has 13 heavy (non-hydrogen) atoms. The van der Waals surface area contributed by atoms with Crippen molar-refractivity contribution < 1.29 is 27.6 Å². The third kappa shape index (κ3) is 8.80.